The summed E-state index contributed by atoms with van der Waals surface area (Å²) in [4.78, 5) is 17.4. The fourth-order valence-corrected chi connectivity index (χ4v) is 4.14. The first-order valence-corrected chi connectivity index (χ1v) is 9.33. The summed E-state index contributed by atoms with van der Waals surface area (Å²) in [6.45, 7) is 13.1. The Morgan fingerprint density at radius 1 is 1.09 bits per heavy atom. The number of nitrogens with one attached hydrogen (secondary N) is 1. The Morgan fingerprint density at radius 3 is 2.26 bits per heavy atom. The molecule has 132 valence electrons. The van der Waals surface area contributed by atoms with Gasteiger partial charge >= 0.3 is 5.97 Å². The molecule has 3 saturated heterocycles. The van der Waals surface area contributed by atoms with Gasteiger partial charge < -0.3 is 10.1 Å². The summed E-state index contributed by atoms with van der Waals surface area (Å²) in [6, 6.07) is 1.26. The minimum Gasteiger partial charge on any atom is -0.460 e. The maximum absolute atomic E-state index is 12.2. The van der Waals surface area contributed by atoms with E-state index in [1.807, 2.05) is 20.8 Å². The fourth-order valence-electron chi connectivity index (χ4n) is 4.14. The number of carbonyl (C=O) groups is 1. The molecule has 2 bridgehead atoms. The molecule has 0 aromatic heterocycles. The predicted molar refractivity (Wildman–Crippen MR) is 91.4 cm³/mol. The second-order valence-corrected chi connectivity index (χ2v) is 8.48. The van der Waals surface area contributed by atoms with Gasteiger partial charge in [0.15, 0.2) is 0 Å². The van der Waals surface area contributed by atoms with Crippen molar-refractivity contribution in [2.24, 2.45) is 5.92 Å². The first-order chi connectivity index (χ1) is 10.9. The van der Waals surface area contributed by atoms with Crippen molar-refractivity contribution in [3.05, 3.63) is 0 Å². The molecule has 0 aromatic carbocycles. The van der Waals surface area contributed by atoms with Gasteiger partial charge in [-0.25, -0.2) is 0 Å². The minimum absolute atomic E-state index is 0.000508. The molecule has 5 heteroatoms. The standard InChI is InChI=1S/C18H33N3O2/c1-18(2,3)23-17(22)14-4-6-15(7-5-14)19-12-16-13-20-8-10-21(16)11-9-20/h14-16,19H,4-13H2,1-3H3/t14?,15?,16-/m0/s1. The summed E-state index contributed by atoms with van der Waals surface area (Å²) >= 11 is 0. The third-order valence-corrected chi connectivity index (χ3v) is 5.50. The van der Waals surface area contributed by atoms with Gasteiger partial charge in [0, 0.05) is 51.4 Å². The van der Waals surface area contributed by atoms with Crippen LogP contribution in [0.3, 0.4) is 0 Å². The summed E-state index contributed by atoms with van der Waals surface area (Å²) < 4.78 is 5.53. The van der Waals surface area contributed by atoms with Crippen molar-refractivity contribution in [2.45, 2.75) is 64.1 Å². The first kappa shape index (κ1) is 17.2. The van der Waals surface area contributed by atoms with Gasteiger partial charge in [0.25, 0.3) is 0 Å². The van der Waals surface area contributed by atoms with E-state index >= 15 is 0 Å². The van der Waals surface area contributed by atoms with Crippen molar-refractivity contribution in [3.8, 4) is 0 Å². The summed E-state index contributed by atoms with van der Waals surface area (Å²) in [5.41, 5.74) is -0.365. The van der Waals surface area contributed by atoms with E-state index in [9.17, 15) is 4.79 Å². The van der Waals surface area contributed by atoms with Gasteiger partial charge in [0.2, 0.25) is 0 Å². The molecule has 0 radical (unpaired) electrons. The molecular formula is C18H33N3O2. The van der Waals surface area contributed by atoms with Crippen LogP contribution >= 0.6 is 0 Å². The molecule has 1 saturated carbocycles. The molecule has 4 rings (SSSR count). The van der Waals surface area contributed by atoms with Gasteiger partial charge in [-0.2, -0.15) is 0 Å². The molecule has 0 unspecified atom stereocenters. The Balaban J connectivity index is 1.37. The van der Waals surface area contributed by atoms with Gasteiger partial charge in [-0.1, -0.05) is 0 Å². The van der Waals surface area contributed by atoms with E-state index in [2.05, 4.69) is 15.1 Å². The SMILES string of the molecule is CC(C)(C)OC(=O)C1CCC(NC[C@H]2CN3CCN2CC3)CC1. The van der Waals surface area contributed by atoms with Crippen LogP contribution in [-0.4, -0.2) is 72.7 Å². The van der Waals surface area contributed by atoms with Crippen LogP contribution in [0.2, 0.25) is 0 Å². The highest BCUT2D eigenvalue weighted by Crippen LogP contribution is 2.27. The number of ether oxygens (including phenoxy) is 1. The lowest BCUT2D eigenvalue weighted by molar-refractivity contribution is -0.161. The lowest BCUT2D eigenvalue weighted by Crippen LogP contribution is -2.63. The first-order valence-electron chi connectivity index (χ1n) is 9.33. The van der Waals surface area contributed by atoms with Crippen LogP contribution in [0.4, 0.5) is 0 Å². The van der Waals surface area contributed by atoms with Gasteiger partial charge in [-0.3, -0.25) is 14.6 Å². The van der Waals surface area contributed by atoms with E-state index in [4.69, 9.17) is 4.74 Å². The van der Waals surface area contributed by atoms with Crippen LogP contribution in [-0.2, 0) is 9.53 Å². The largest absolute Gasteiger partial charge is 0.460 e. The Labute approximate surface area is 140 Å². The zero-order chi connectivity index (χ0) is 16.4. The zero-order valence-corrected chi connectivity index (χ0v) is 15.0. The summed E-state index contributed by atoms with van der Waals surface area (Å²) in [6.07, 6.45) is 4.13. The molecule has 23 heavy (non-hydrogen) atoms. The van der Waals surface area contributed by atoms with Gasteiger partial charge in [-0.05, 0) is 46.5 Å². The average Bonchev–Trinajstić information content (AvgIpc) is 2.53. The van der Waals surface area contributed by atoms with Crippen LogP contribution in [0.15, 0.2) is 0 Å². The molecule has 0 spiro atoms. The molecule has 4 aliphatic rings. The van der Waals surface area contributed by atoms with Crippen LogP contribution in [0.1, 0.15) is 46.5 Å². The van der Waals surface area contributed by atoms with Crippen molar-refractivity contribution in [1.29, 1.82) is 0 Å². The summed E-state index contributed by atoms with van der Waals surface area (Å²) in [5.74, 6) is 0.104. The number of piperazine rings is 3. The van der Waals surface area contributed by atoms with E-state index in [-0.39, 0.29) is 17.5 Å². The van der Waals surface area contributed by atoms with Crippen molar-refractivity contribution >= 4 is 5.97 Å². The van der Waals surface area contributed by atoms with E-state index in [1.165, 1.54) is 32.7 Å². The van der Waals surface area contributed by atoms with E-state index in [0.717, 1.165) is 32.2 Å². The van der Waals surface area contributed by atoms with Crippen LogP contribution in [0.5, 0.6) is 0 Å². The van der Waals surface area contributed by atoms with Gasteiger partial charge in [0.1, 0.15) is 5.60 Å². The molecule has 0 amide bonds. The number of hydrogen-bond acceptors (Lipinski definition) is 5. The number of hydrogen-bond donors (Lipinski definition) is 1. The summed E-state index contributed by atoms with van der Waals surface area (Å²) in [5, 5.41) is 3.76. The van der Waals surface area contributed by atoms with Crippen molar-refractivity contribution in [3.63, 3.8) is 0 Å². The lowest BCUT2D eigenvalue weighted by Gasteiger charge is -2.48. The third-order valence-electron chi connectivity index (χ3n) is 5.50. The number of rotatable bonds is 4. The highest BCUT2D eigenvalue weighted by Gasteiger charge is 2.33. The number of esters is 1. The molecule has 1 aliphatic carbocycles. The maximum atomic E-state index is 12.2. The highest BCUT2D eigenvalue weighted by atomic mass is 16.6. The van der Waals surface area contributed by atoms with Crippen molar-refractivity contribution < 1.29 is 9.53 Å². The number of fused-ring (bicyclic) bond motifs is 3. The molecule has 5 nitrogen and oxygen atoms in total. The smallest absolute Gasteiger partial charge is 0.309 e. The lowest BCUT2D eigenvalue weighted by atomic mass is 9.86. The Kier molecular flexibility index (Phi) is 5.29. The predicted octanol–water partition coefficient (Wildman–Crippen LogP) is 1.48. The normalized spacial score (nSPS) is 37.6. The quantitative estimate of drug-likeness (QED) is 0.794. The molecule has 1 atom stereocenters. The van der Waals surface area contributed by atoms with E-state index in [1.54, 1.807) is 0 Å². The molecule has 3 aliphatic heterocycles. The molecule has 4 fully saturated rings. The van der Waals surface area contributed by atoms with Crippen molar-refractivity contribution in [1.82, 2.24) is 15.1 Å². The number of nitrogens with zero attached hydrogens (tertiary/aromatic N) is 2. The zero-order valence-electron chi connectivity index (χ0n) is 15.0. The minimum atomic E-state index is -0.365. The Bertz CT molecular complexity index is 405. The Morgan fingerprint density at radius 2 is 1.74 bits per heavy atom. The van der Waals surface area contributed by atoms with E-state index in [0.29, 0.717) is 12.1 Å². The van der Waals surface area contributed by atoms with Crippen molar-refractivity contribution in [2.75, 3.05) is 39.3 Å². The Hall–Kier alpha value is -0.650. The van der Waals surface area contributed by atoms with Gasteiger partial charge in [0.05, 0.1) is 5.92 Å². The second-order valence-electron chi connectivity index (χ2n) is 8.48. The molecular weight excluding hydrogens is 290 g/mol. The third kappa shape index (κ3) is 4.68. The molecule has 3 heterocycles. The topological polar surface area (TPSA) is 44.8 Å². The van der Waals surface area contributed by atoms with Crippen LogP contribution in [0.25, 0.3) is 0 Å². The monoisotopic (exact) mass is 323 g/mol. The molecule has 0 aromatic rings. The average molecular weight is 323 g/mol. The van der Waals surface area contributed by atoms with Gasteiger partial charge in [-0.15, -0.1) is 0 Å². The van der Waals surface area contributed by atoms with E-state index < -0.39 is 0 Å². The number of carbonyl (C=O) groups excluding carboxylic acids is 1. The second kappa shape index (κ2) is 7.08. The van der Waals surface area contributed by atoms with Crippen LogP contribution in [0, 0.1) is 5.92 Å². The van der Waals surface area contributed by atoms with Crippen LogP contribution < -0.4 is 5.32 Å². The fraction of sp³-hybridized carbons (Fsp3) is 0.944. The molecule has 1 N–H and O–H groups in total. The maximum Gasteiger partial charge on any atom is 0.309 e. The summed E-state index contributed by atoms with van der Waals surface area (Å²) in [7, 11) is 0. The highest BCUT2D eigenvalue weighted by molar-refractivity contribution is 5.73.